The maximum Gasteiger partial charge on any atom is 0.261 e. The van der Waals surface area contributed by atoms with Gasteiger partial charge in [-0.25, -0.2) is 4.98 Å². The molecule has 0 saturated heterocycles. The second-order valence-electron chi connectivity index (χ2n) is 6.82. The molecule has 5 aromatic rings. The molecule has 7 nitrogen and oxygen atoms in total. The van der Waals surface area contributed by atoms with Crippen LogP contribution in [-0.2, 0) is 0 Å². The molecule has 31 heavy (non-hydrogen) atoms. The van der Waals surface area contributed by atoms with Gasteiger partial charge in [-0.05, 0) is 43.3 Å². The highest BCUT2D eigenvalue weighted by Gasteiger charge is 2.23. The van der Waals surface area contributed by atoms with E-state index < -0.39 is 0 Å². The maximum absolute atomic E-state index is 13.1. The zero-order valence-electron chi connectivity index (χ0n) is 16.3. The topological polar surface area (TPSA) is 94.1 Å². The van der Waals surface area contributed by atoms with Gasteiger partial charge >= 0.3 is 0 Å². The van der Waals surface area contributed by atoms with Crippen LogP contribution in [0.4, 0.5) is 5.69 Å². The maximum atomic E-state index is 13.1. The molecule has 3 aromatic heterocycles. The molecule has 2 aromatic carbocycles. The number of rotatable bonds is 4. The van der Waals surface area contributed by atoms with Crippen molar-refractivity contribution in [1.29, 1.82) is 0 Å². The largest absolute Gasteiger partial charge is 0.434 e. The standard InChI is InChI=1S/C23H15ClN4O3/c1-13-19(20(28-31-13)16-8-2-3-9-17(16)24)22(29)26-15-7-4-6-14(12-15)23-27-21-18(30-23)10-5-11-25-21/h2-12H,1H3,(H,26,29). The lowest BCUT2D eigenvalue weighted by Gasteiger charge is -2.07. The predicted octanol–water partition coefficient (Wildman–Crippen LogP) is 5.76. The Labute approximate surface area is 181 Å². The van der Waals surface area contributed by atoms with Crippen molar-refractivity contribution in [3.05, 3.63) is 83.2 Å². The van der Waals surface area contributed by atoms with Crippen molar-refractivity contribution < 1.29 is 13.7 Å². The summed E-state index contributed by atoms with van der Waals surface area (Å²) >= 11 is 6.29. The summed E-state index contributed by atoms with van der Waals surface area (Å²) in [6.07, 6.45) is 1.66. The Morgan fingerprint density at radius 3 is 2.77 bits per heavy atom. The number of fused-ring (bicyclic) bond motifs is 1. The lowest BCUT2D eigenvalue weighted by molar-refractivity contribution is 0.102. The molecule has 0 spiro atoms. The van der Waals surface area contributed by atoms with Crippen molar-refractivity contribution in [3.8, 4) is 22.7 Å². The van der Waals surface area contributed by atoms with Crippen molar-refractivity contribution >= 4 is 34.4 Å². The molecule has 0 atom stereocenters. The molecule has 0 bridgehead atoms. The van der Waals surface area contributed by atoms with Crippen LogP contribution < -0.4 is 5.32 Å². The number of aromatic nitrogens is 3. The fourth-order valence-corrected chi connectivity index (χ4v) is 3.52. The van der Waals surface area contributed by atoms with Gasteiger partial charge in [0, 0.05) is 23.0 Å². The average molecular weight is 431 g/mol. The van der Waals surface area contributed by atoms with Crippen LogP contribution in [0.1, 0.15) is 16.1 Å². The summed E-state index contributed by atoms with van der Waals surface area (Å²) in [5.41, 5.74) is 3.74. The van der Waals surface area contributed by atoms with Gasteiger partial charge in [0.25, 0.3) is 5.91 Å². The molecule has 1 amide bonds. The number of anilines is 1. The zero-order chi connectivity index (χ0) is 21.4. The number of carbonyl (C=O) groups is 1. The highest BCUT2D eigenvalue weighted by atomic mass is 35.5. The molecule has 8 heteroatoms. The van der Waals surface area contributed by atoms with Crippen LogP contribution in [0, 0.1) is 6.92 Å². The second-order valence-corrected chi connectivity index (χ2v) is 7.23. The van der Waals surface area contributed by atoms with Crippen molar-refractivity contribution in [2.45, 2.75) is 6.92 Å². The van der Waals surface area contributed by atoms with Crippen LogP contribution in [0.15, 0.2) is 75.8 Å². The summed E-state index contributed by atoms with van der Waals surface area (Å²) in [5, 5.41) is 7.42. The number of halogens is 1. The monoisotopic (exact) mass is 430 g/mol. The van der Waals surface area contributed by atoms with Gasteiger partial charge in [0.2, 0.25) is 5.89 Å². The molecule has 0 fully saturated rings. The first-order valence-electron chi connectivity index (χ1n) is 9.44. The van der Waals surface area contributed by atoms with Gasteiger partial charge in [0.15, 0.2) is 11.2 Å². The Bertz CT molecular complexity index is 1390. The van der Waals surface area contributed by atoms with Crippen LogP contribution >= 0.6 is 11.6 Å². The molecule has 0 radical (unpaired) electrons. The third kappa shape index (κ3) is 3.55. The van der Waals surface area contributed by atoms with Crippen LogP contribution in [0.5, 0.6) is 0 Å². The van der Waals surface area contributed by atoms with E-state index in [9.17, 15) is 4.79 Å². The molecule has 0 aliphatic carbocycles. The van der Waals surface area contributed by atoms with Gasteiger partial charge in [-0.1, -0.05) is 41.0 Å². The summed E-state index contributed by atoms with van der Waals surface area (Å²) in [5.74, 6) is 0.460. The SMILES string of the molecule is Cc1onc(-c2ccccc2Cl)c1C(=O)Nc1cccc(-c2nc3ncccc3o2)c1. The van der Waals surface area contributed by atoms with E-state index in [1.165, 1.54) is 0 Å². The number of hydrogen-bond acceptors (Lipinski definition) is 6. The number of nitrogens with one attached hydrogen (secondary N) is 1. The van der Waals surface area contributed by atoms with Crippen LogP contribution in [0.25, 0.3) is 33.9 Å². The number of pyridine rings is 1. The Hall–Kier alpha value is -3.97. The first-order valence-corrected chi connectivity index (χ1v) is 9.82. The fourth-order valence-electron chi connectivity index (χ4n) is 3.29. The Morgan fingerprint density at radius 2 is 1.94 bits per heavy atom. The Kier molecular flexibility index (Phi) is 4.72. The summed E-state index contributed by atoms with van der Waals surface area (Å²) in [7, 11) is 0. The molecular formula is C23H15ClN4O3. The predicted molar refractivity (Wildman–Crippen MR) is 117 cm³/mol. The van der Waals surface area contributed by atoms with Crippen LogP contribution in [0.3, 0.4) is 0 Å². The normalized spacial score (nSPS) is 11.0. The van der Waals surface area contributed by atoms with E-state index in [1.54, 1.807) is 49.5 Å². The highest BCUT2D eigenvalue weighted by molar-refractivity contribution is 6.33. The third-order valence-corrected chi connectivity index (χ3v) is 5.08. The molecule has 0 aliphatic heterocycles. The average Bonchev–Trinajstić information content (AvgIpc) is 3.38. The summed E-state index contributed by atoms with van der Waals surface area (Å²) < 4.78 is 11.1. The molecule has 0 saturated carbocycles. The van der Waals surface area contributed by atoms with Gasteiger partial charge in [-0.15, -0.1) is 0 Å². The number of benzene rings is 2. The first kappa shape index (κ1) is 19.0. The number of carbonyl (C=O) groups excluding carboxylic acids is 1. The first-order chi connectivity index (χ1) is 15.1. The molecular weight excluding hydrogens is 416 g/mol. The van der Waals surface area contributed by atoms with E-state index in [2.05, 4.69) is 20.4 Å². The number of aryl methyl sites for hydroxylation is 1. The lowest BCUT2D eigenvalue weighted by atomic mass is 10.1. The molecule has 152 valence electrons. The third-order valence-electron chi connectivity index (χ3n) is 4.75. The van der Waals surface area contributed by atoms with E-state index in [0.717, 1.165) is 0 Å². The van der Waals surface area contributed by atoms with E-state index in [-0.39, 0.29) is 5.91 Å². The Balaban J connectivity index is 1.46. The summed E-state index contributed by atoms with van der Waals surface area (Å²) in [6, 6.07) is 18.0. The van der Waals surface area contributed by atoms with E-state index in [0.29, 0.717) is 56.0 Å². The minimum atomic E-state index is -0.356. The minimum absolute atomic E-state index is 0.324. The van der Waals surface area contributed by atoms with Crippen LogP contribution in [-0.4, -0.2) is 21.0 Å². The number of hydrogen-bond donors (Lipinski definition) is 1. The highest BCUT2D eigenvalue weighted by Crippen LogP contribution is 2.32. The molecule has 1 N–H and O–H groups in total. The van der Waals surface area contributed by atoms with E-state index in [1.807, 2.05) is 24.3 Å². The van der Waals surface area contributed by atoms with Gasteiger partial charge < -0.3 is 14.3 Å². The van der Waals surface area contributed by atoms with Crippen molar-refractivity contribution in [2.24, 2.45) is 0 Å². The van der Waals surface area contributed by atoms with E-state index >= 15 is 0 Å². The van der Waals surface area contributed by atoms with E-state index in [4.69, 9.17) is 20.5 Å². The van der Waals surface area contributed by atoms with Gasteiger partial charge in [-0.2, -0.15) is 4.98 Å². The quantitative estimate of drug-likeness (QED) is 0.389. The Morgan fingerprint density at radius 1 is 1.06 bits per heavy atom. The number of amides is 1. The number of oxazole rings is 1. The van der Waals surface area contributed by atoms with Crippen molar-refractivity contribution in [1.82, 2.24) is 15.1 Å². The number of nitrogens with zero attached hydrogens (tertiary/aromatic N) is 3. The minimum Gasteiger partial charge on any atom is -0.434 e. The smallest absolute Gasteiger partial charge is 0.261 e. The molecule has 5 rings (SSSR count). The van der Waals surface area contributed by atoms with Gasteiger partial charge in [0.05, 0.1) is 5.02 Å². The molecule has 0 aliphatic rings. The fraction of sp³-hybridized carbons (Fsp3) is 0.0435. The van der Waals surface area contributed by atoms with Crippen LogP contribution in [0.2, 0.25) is 5.02 Å². The summed E-state index contributed by atoms with van der Waals surface area (Å²) in [6.45, 7) is 1.68. The summed E-state index contributed by atoms with van der Waals surface area (Å²) in [4.78, 5) is 21.7. The lowest BCUT2D eigenvalue weighted by Crippen LogP contribution is -2.13. The second kappa shape index (κ2) is 7.70. The molecule has 3 heterocycles. The van der Waals surface area contributed by atoms with Crippen molar-refractivity contribution in [3.63, 3.8) is 0 Å². The van der Waals surface area contributed by atoms with Crippen molar-refractivity contribution in [2.75, 3.05) is 5.32 Å². The van der Waals surface area contributed by atoms with Gasteiger partial charge in [0.1, 0.15) is 17.0 Å². The zero-order valence-corrected chi connectivity index (χ0v) is 17.1. The van der Waals surface area contributed by atoms with Gasteiger partial charge in [-0.3, -0.25) is 4.79 Å². The molecule has 0 unspecified atom stereocenters.